The van der Waals surface area contributed by atoms with Crippen molar-refractivity contribution >= 4 is 17.8 Å². The number of rotatable bonds is 8. The van der Waals surface area contributed by atoms with E-state index < -0.39 is 5.97 Å². The van der Waals surface area contributed by atoms with Gasteiger partial charge in [0.1, 0.15) is 6.42 Å². The van der Waals surface area contributed by atoms with Gasteiger partial charge in [-0.3, -0.25) is 14.4 Å². The molecule has 0 N–H and O–H groups in total. The maximum atomic E-state index is 12.0. The zero-order chi connectivity index (χ0) is 14.3. The summed E-state index contributed by atoms with van der Waals surface area (Å²) in [6, 6.07) is 0.163. The van der Waals surface area contributed by atoms with Gasteiger partial charge in [-0.1, -0.05) is 0 Å². The fourth-order valence-corrected chi connectivity index (χ4v) is 1.78. The number of ether oxygens (including phenoxy) is 2. The largest absolute Gasteiger partial charge is 0.466 e. The molecule has 1 aliphatic carbocycles. The maximum absolute atomic E-state index is 12.0. The van der Waals surface area contributed by atoms with Crippen LogP contribution in [-0.2, 0) is 23.9 Å². The van der Waals surface area contributed by atoms with Gasteiger partial charge in [0.05, 0.1) is 19.6 Å². The van der Waals surface area contributed by atoms with E-state index in [9.17, 15) is 14.4 Å². The number of nitrogens with zero attached hydrogens (tertiary/aromatic N) is 1. The lowest BCUT2D eigenvalue weighted by Crippen LogP contribution is -2.36. The van der Waals surface area contributed by atoms with Gasteiger partial charge in [-0.15, -0.1) is 0 Å². The van der Waals surface area contributed by atoms with Crippen molar-refractivity contribution in [2.45, 2.75) is 45.6 Å². The van der Waals surface area contributed by atoms with Crippen molar-refractivity contribution in [3.05, 3.63) is 0 Å². The molecular weight excluding hydrogens is 250 g/mol. The van der Waals surface area contributed by atoms with E-state index in [-0.39, 0.29) is 37.4 Å². The van der Waals surface area contributed by atoms with Crippen LogP contribution in [0.2, 0.25) is 0 Å². The first-order chi connectivity index (χ1) is 9.08. The first-order valence-electron chi connectivity index (χ1n) is 6.69. The number of hydrogen-bond acceptors (Lipinski definition) is 5. The van der Waals surface area contributed by atoms with Crippen LogP contribution >= 0.6 is 0 Å². The summed E-state index contributed by atoms with van der Waals surface area (Å²) in [5, 5.41) is 0. The number of hydrogen-bond donors (Lipinski definition) is 0. The topological polar surface area (TPSA) is 72.9 Å². The monoisotopic (exact) mass is 271 g/mol. The molecule has 0 aliphatic heterocycles. The smallest absolute Gasteiger partial charge is 0.315 e. The molecule has 0 radical (unpaired) electrons. The molecule has 1 aliphatic rings. The molecule has 0 spiro atoms. The van der Waals surface area contributed by atoms with Gasteiger partial charge in [-0.2, -0.15) is 0 Å². The van der Waals surface area contributed by atoms with Gasteiger partial charge in [0.15, 0.2) is 0 Å². The molecule has 6 heteroatoms. The van der Waals surface area contributed by atoms with Gasteiger partial charge in [0.25, 0.3) is 0 Å². The van der Waals surface area contributed by atoms with Crippen molar-refractivity contribution in [1.82, 2.24) is 4.90 Å². The van der Waals surface area contributed by atoms with Gasteiger partial charge in [-0.05, 0) is 26.7 Å². The Balaban J connectivity index is 2.41. The SMILES string of the molecule is CCOC(=O)CCN(C(=O)CC(=O)OCC)C1CC1. The highest BCUT2D eigenvalue weighted by atomic mass is 16.5. The van der Waals surface area contributed by atoms with E-state index in [0.29, 0.717) is 13.2 Å². The van der Waals surface area contributed by atoms with Crippen LogP contribution in [0.25, 0.3) is 0 Å². The van der Waals surface area contributed by atoms with Crippen LogP contribution in [0.15, 0.2) is 0 Å². The van der Waals surface area contributed by atoms with E-state index >= 15 is 0 Å². The second-order valence-electron chi connectivity index (χ2n) is 4.36. The van der Waals surface area contributed by atoms with Crippen molar-refractivity contribution in [3.8, 4) is 0 Å². The second-order valence-corrected chi connectivity index (χ2v) is 4.36. The third kappa shape index (κ3) is 5.72. The van der Waals surface area contributed by atoms with Crippen molar-refractivity contribution < 1.29 is 23.9 Å². The lowest BCUT2D eigenvalue weighted by molar-refractivity contribution is -0.149. The standard InChI is InChI=1S/C13H21NO5/c1-3-18-12(16)7-8-14(10-5-6-10)11(15)9-13(17)19-4-2/h10H,3-9H2,1-2H3. The Morgan fingerprint density at radius 3 is 2.16 bits per heavy atom. The normalized spacial score (nSPS) is 13.8. The summed E-state index contributed by atoms with van der Waals surface area (Å²) in [5.41, 5.74) is 0. The van der Waals surface area contributed by atoms with Crippen LogP contribution < -0.4 is 0 Å². The summed E-state index contributed by atoms with van der Waals surface area (Å²) < 4.78 is 9.57. The molecule has 6 nitrogen and oxygen atoms in total. The molecule has 0 unspecified atom stereocenters. The molecule has 1 saturated carbocycles. The molecule has 19 heavy (non-hydrogen) atoms. The van der Waals surface area contributed by atoms with Gasteiger partial charge in [-0.25, -0.2) is 0 Å². The number of carbonyl (C=O) groups is 3. The van der Waals surface area contributed by atoms with Crippen molar-refractivity contribution in [2.24, 2.45) is 0 Å². The first-order valence-corrected chi connectivity index (χ1v) is 6.69. The minimum absolute atomic E-state index is 0.163. The number of esters is 2. The fraction of sp³-hybridized carbons (Fsp3) is 0.769. The molecule has 1 fully saturated rings. The molecule has 0 bridgehead atoms. The predicted molar refractivity (Wildman–Crippen MR) is 67.2 cm³/mol. The average molecular weight is 271 g/mol. The molecule has 0 aromatic heterocycles. The Morgan fingerprint density at radius 1 is 1.05 bits per heavy atom. The molecule has 0 atom stereocenters. The van der Waals surface area contributed by atoms with Crippen LogP contribution in [0.3, 0.4) is 0 Å². The van der Waals surface area contributed by atoms with E-state index in [1.807, 2.05) is 0 Å². The highest BCUT2D eigenvalue weighted by molar-refractivity contribution is 5.94. The van der Waals surface area contributed by atoms with E-state index in [0.717, 1.165) is 12.8 Å². The second kappa shape index (κ2) is 7.76. The predicted octanol–water partition coefficient (Wildman–Crippen LogP) is 0.884. The maximum Gasteiger partial charge on any atom is 0.315 e. The minimum atomic E-state index is -0.519. The summed E-state index contributed by atoms with van der Waals surface area (Å²) in [6.45, 7) is 4.34. The molecule has 1 rings (SSSR count). The zero-order valence-corrected chi connectivity index (χ0v) is 11.5. The molecule has 0 heterocycles. The molecular formula is C13H21NO5. The van der Waals surface area contributed by atoms with Gasteiger partial charge < -0.3 is 14.4 Å². The molecule has 1 amide bonds. The number of carbonyl (C=O) groups excluding carboxylic acids is 3. The van der Waals surface area contributed by atoms with Gasteiger partial charge in [0, 0.05) is 12.6 Å². The average Bonchev–Trinajstić information content (AvgIpc) is 3.14. The van der Waals surface area contributed by atoms with Crippen LogP contribution in [-0.4, -0.2) is 48.5 Å². The van der Waals surface area contributed by atoms with Crippen molar-refractivity contribution in [3.63, 3.8) is 0 Å². The molecule has 0 saturated heterocycles. The highest BCUT2D eigenvalue weighted by Gasteiger charge is 2.33. The first kappa shape index (κ1) is 15.5. The summed E-state index contributed by atoms with van der Waals surface area (Å²) in [7, 11) is 0. The van der Waals surface area contributed by atoms with Gasteiger partial charge in [0.2, 0.25) is 5.91 Å². The van der Waals surface area contributed by atoms with E-state index in [2.05, 4.69) is 0 Å². The van der Waals surface area contributed by atoms with Crippen molar-refractivity contribution in [1.29, 1.82) is 0 Å². The third-order valence-corrected chi connectivity index (χ3v) is 2.77. The van der Waals surface area contributed by atoms with Gasteiger partial charge >= 0.3 is 11.9 Å². The molecule has 108 valence electrons. The van der Waals surface area contributed by atoms with Crippen LogP contribution in [0, 0.1) is 0 Å². The Hall–Kier alpha value is -1.59. The van der Waals surface area contributed by atoms with E-state index in [1.165, 1.54) is 0 Å². The Bertz CT molecular complexity index is 338. The summed E-state index contributed by atoms with van der Waals surface area (Å²) in [4.78, 5) is 36.1. The quantitative estimate of drug-likeness (QED) is 0.484. The lowest BCUT2D eigenvalue weighted by Gasteiger charge is -2.21. The van der Waals surface area contributed by atoms with Crippen molar-refractivity contribution in [2.75, 3.05) is 19.8 Å². The van der Waals surface area contributed by atoms with E-state index in [1.54, 1.807) is 18.7 Å². The highest BCUT2D eigenvalue weighted by Crippen LogP contribution is 2.27. The fourth-order valence-electron chi connectivity index (χ4n) is 1.78. The summed E-state index contributed by atoms with van der Waals surface area (Å²) in [5.74, 6) is -1.11. The van der Waals surface area contributed by atoms with Crippen LogP contribution in [0.1, 0.15) is 39.5 Å². The minimum Gasteiger partial charge on any atom is -0.466 e. The Labute approximate surface area is 113 Å². The Morgan fingerprint density at radius 2 is 1.63 bits per heavy atom. The Kier molecular flexibility index (Phi) is 6.32. The zero-order valence-electron chi connectivity index (χ0n) is 11.5. The molecule has 0 aromatic rings. The number of amides is 1. The summed E-state index contributed by atoms with van der Waals surface area (Å²) >= 11 is 0. The van der Waals surface area contributed by atoms with Crippen LogP contribution in [0.5, 0.6) is 0 Å². The van der Waals surface area contributed by atoms with E-state index in [4.69, 9.17) is 9.47 Å². The third-order valence-electron chi connectivity index (χ3n) is 2.77. The molecule has 0 aromatic carbocycles. The lowest BCUT2D eigenvalue weighted by atomic mass is 10.3. The summed E-state index contributed by atoms with van der Waals surface area (Å²) in [6.07, 6.45) is 1.76. The van der Waals surface area contributed by atoms with Crippen LogP contribution in [0.4, 0.5) is 0 Å².